The number of carbonyl (C=O) groups excluding carboxylic acids is 1. The van der Waals surface area contributed by atoms with Crippen LogP contribution in [0, 0.1) is 11.6 Å². The lowest BCUT2D eigenvalue weighted by molar-refractivity contribution is -0.128. The molecule has 1 saturated heterocycles. The molecule has 2 bridgehead atoms. The van der Waals surface area contributed by atoms with E-state index in [-0.39, 0.29) is 46.6 Å². The zero-order valence-electron chi connectivity index (χ0n) is 25.7. The van der Waals surface area contributed by atoms with Gasteiger partial charge in [-0.15, -0.1) is 11.8 Å². The third-order valence-corrected chi connectivity index (χ3v) is 9.48. The molecule has 1 N–H and O–H groups in total. The Bertz CT molecular complexity index is 1880. The monoisotopic (exact) mass is 631 g/mol. The molecule has 0 radical (unpaired) electrons. The van der Waals surface area contributed by atoms with Gasteiger partial charge in [-0.25, -0.2) is 23.1 Å². The van der Waals surface area contributed by atoms with Crippen LogP contribution in [0.5, 0.6) is 0 Å². The van der Waals surface area contributed by atoms with Crippen LogP contribution in [0.15, 0.2) is 58.9 Å². The van der Waals surface area contributed by atoms with Crippen molar-refractivity contribution in [3.05, 3.63) is 77.0 Å². The van der Waals surface area contributed by atoms with Gasteiger partial charge in [-0.1, -0.05) is 26.5 Å². The van der Waals surface area contributed by atoms with Gasteiger partial charge in [-0.05, 0) is 62.3 Å². The van der Waals surface area contributed by atoms with Gasteiger partial charge < -0.3 is 15.1 Å². The Morgan fingerprint density at radius 2 is 1.93 bits per heavy atom. The van der Waals surface area contributed by atoms with Gasteiger partial charge in [-0.2, -0.15) is 4.98 Å². The van der Waals surface area contributed by atoms with Crippen LogP contribution in [0.2, 0.25) is 0 Å². The number of nitrogens with one attached hydrogen (secondary N) is 1. The number of thioether (sulfide) groups is 1. The van der Waals surface area contributed by atoms with Crippen LogP contribution < -0.4 is 15.9 Å². The van der Waals surface area contributed by atoms with Gasteiger partial charge in [0, 0.05) is 48.5 Å². The second kappa shape index (κ2) is 12.2. The molecular formula is C33H35F2N7O2S. The second-order valence-corrected chi connectivity index (χ2v) is 12.9. The number of aromatic nitrogens is 4. The zero-order valence-corrected chi connectivity index (χ0v) is 26.5. The highest BCUT2D eigenvalue weighted by Crippen LogP contribution is 2.38. The molecule has 9 nitrogen and oxygen atoms in total. The summed E-state index contributed by atoms with van der Waals surface area (Å²) in [6.45, 7) is 12.7. The van der Waals surface area contributed by atoms with Crippen molar-refractivity contribution in [1.29, 1.82) is 0 Å². The van der Waals surface area contributed by atoms with Gasteiger partial charge in [0.05, 0.1) is 22.3 Å². The molecule has 0 unspecified atom stereocenters. The van der Waals surface area contributed by atoms with Crippen molar-refractivity contribution < 1.29 is 13.6 Å². The molecule has 234 valence electrons. The van der Waals surface area contributed by atoms with E-state index in [1.165, 1.54) is 22.8 Å². The summed E-state index contributed by atoms with van der Waals surface area (Å²) in [5.74, 6) is -0.658. The average Bonchev–Trinajstić information content (AvgIpc) is 3.02. The predicted molar refractivity (Wildman–Crippen MR) is 174 cm³/mol. The maximum absolute atomic E-state index is 16.3. The van der Waals surface area contributed by atoms with E-state index in [1.54, 1.807) is 35.0 Å². The standard InChI is InChI=1S/C33H35F2N7O2S/c1-6-26(43)40-16-20(5)41(17-19(40)4)31-21-15-23(35)29-27-22(34)9-7-10-24(27)36-12-8-14-45-25-11-13-37-28(18(2)3)30(25)42(32(21)38-29)33(44)39-31/h6-7,9-11,13,15,18-20,36H,1,8,12,14,16-17H2,2-5H3/t19-,20+/m1/s1. The van der Waals surface area contributed by atoms with Crippen molar-refractivity contribution >= 4 is 40.2 Å². The lowest BCUT2D eigenvalue weighted by atomic mass is 10.0. The molecule has 1 amide bonds. The lowest BCUT2D eigenvalue weighted by Crippen LogP contribution is -2.58. The van der Waals surface area contributed by atoms with Crippen molar-refractivity contribution in [2.24, 2.45) is 0 Å². The first-order valence-corrected chi connectivity index (χ1v) is 16.1. The lowest BCUT2D eigenvalue weighted by Gasteiger charge is -2.44. The highest BCUT2D eigenvalue weighted by molar-refractivity contribution is 7.99. The quantitative estimate of drug-likeness (QED) is 0.285. The Morgan fingerprint density at radius 3 is 2.69 bits per heavy atom. The minimum atomic E-state index is -0.746. The molecule has 5 heterocycles. The number of hydrogen-bond acceptors (Lipinski definition) is 8. The minimum Gasteiger partial charge on any atom is -0.384 e. The molecule has 1 aromatic carbocycles. The van der Waals surface area contributed by atoms with Gasteiger partial charge in [0.25, 0.3) is 0 Å². The number of benzene rings is 1. The molecule has 0 spiro atoms. The molecule has 2 aliphatic rings. The fourth-order valence-electron chi connectivity index (χ4n) is 6.15. The van der Waals surface area contributed by atoms with Crippen LogP contribution in [0.3, 0.4) is 0 Å². The van der Waals surface area contributed by atoms with E-state index in [0.717, 1.165) is 11.3 Å². The van der Waals surface area contributed by atoms with E-state index < -0.39 is 17.3 Å². The topological polar surface area (TPSA) is 96.3 Å². The van der Waals surface area contributed by atoms with Gasteiger partial charge in [0.2, 0.25) is 5.91 Å². The fraction of sp³-hybridized carbons (Fsp3) is 0.364. The Hall–Kier alpha value is -4.32. The van der Waals surface area contributed by atoms with E-state index in [1.807, 2.05) is 38.7 Å². The molecule has 2 atom stereocenters. The number of amides is 1. The number of piperazine rings is 1. The van der Waals surface area contributed by atoms with E-state index in [2.05, 4.69) is 21.9 Å². The summed E-state index contributed by atoms with van der Waals surface area (Å²) >= 11 is 1.58. The molecule has 2 aliphatic heterocycles. The Labute approximate surface area is 264 Å². The van der Waals surface area contributed by atoms with Crippen molar-refractivity contribution in [3.8, 4) is 16.9 Å². The highest BCUT2D eigenvalue weighted by atomic mass is 32.2. The molecule has 0 saturated carbocycles. The Kier molecular flexibility index (Phi) is 8.34. The number of carbonyl (C=O) groups is 1. The first-order valence-electron chi connectivity index (χ1n) is 15.1. The van der Waals surface area contributed by atoms with Gasteiger partial charge in [0.15, 0.2) is 11.5 Å². The van der Waals surface area contributed by atoms with Crippen LogP contribution in [-0.2, 0) is 4.79 Å². The molecule has 4 aromatic rings. The number of rotatable bonds is 3. The fourth-order valence-corrected chi connectivity index (χ4v) is 7.15. The van der Waals surface area contributed by atoms with Crippen LogP contribution in [0.25, 0.3) is 28.0 Å². The number of anilines is 2. The van der Waals surface area contributed by atoms with Gasteiger partial charge in [-0.3, -0.25) is 9.78 Å². The highest BCUT2D eigenvalue weighted by Gasteiger charge is 2.34. The summed E-state index contributed by atoms with van der Waals surface area (Å²) in [4.78, 5) is 45.2. The molecule has 45 heavy (non-hydrogen) atoms. The van der Waals surface area contributed by atoms with Crippen LogP contribution in [0.4, 0.5) is 20.3 Å². The van der Waals surface area contributed by atoms with Crippen molar-refractivity contribution in [3.63, 3.8) is 0 Å². The first kappa shape index (κ1) is 30.7. The number of nitrogens with zero attached hydrogens (tertiary/aromatic N) is 6. The Balaban J connectivity index is 1.69. The molecule has 6 rings (SSSR count). The van der Waals surface area contributed by atoms with E-state index in [4.69, 9.17) is 4.98 Å². The summed E-state index contributed by atoms with van der Waals surface area (Å²) in [6, 6.07) is 7.21. The summed E-state index contributed by atoms with van der Waals surface area (Å²) in [6.07, 6.45) is 3.74. The molecule has 12 heteroatoms. The Morgan fingerprint density at radius 1 is 1.13 bits per heavy atom. The summed E-state index contributed by atoms with van der Waals surface area (Å²) in [5.41, 5.74) is 0.959. The average molecular weight is 632 g/mol. The number of halogens is 2. The van der Waals surface area contributed by atoms with E-state index in [9.17, 15) is 9.59 Å². The summed E-state index contributed by atoms with van der Waals surface area (Å²) in [5, 5.41) is 3.56. The maximum atomic E-state index is 16.3. The smallest absolute Gasteiger partial charge is 0.355 e. The predicted octanol–water partition coefficient (Wildman–Crippen LogP) is 5.76. The van der Waals surface area contributed by atoms with E-state index in [0.29, 0.717) is 47.8 Å². The van der Waals surface area contributed by atoms with Crippen LogP contribution in [0.1, 0.15) is 45.7 Å². The minimum absolute atomic E-state index is 0.00445. The van der Waals surface area contributed by atoms with Crippen molar-refractivity contribution in [1.82, 2.24) is 24.4 Å². The van der Waals surface area contributed by atoms with Crippen molar-refractivity contribution in [2.75, 3.05) is 35.6 Å². The third-order valence-electron chi connectivity index (χ3n) is 8.35. The number of fused-ring (bicyclic) bond motifs is 5. The van der Waals surface area contributed by atoms with Gasteiger partial charge in [0.1, 0.15) is 17.3 Å². The van der Waals surface area contributed by atoms with Crippen LogP contribution in [-0.4, -0.2) is 67.8 Å². The first-order chi connectivity index (χ1) is 21.6. The molecule has 1 fully saturated rings. The second-order valence-electron chi connectivity index (χ2n) is 11.8. The number of hydrogen-bond donors (Lipinski definition) is 1. The normalized spacial score (nSPS) is 18.5. The molecule has 0 aliphatic carbocycles. The maximum Gasteiger partial charge on any atom is 0.355 e. The van der Waals surface area contributed by atoms with Gasteiger partial charge >= 0.3 is 5.69 Å². The van der Waals surface area contributed by atoms with Crippen LogP contribution >= 0.6 is 11.8 Å². The van der Waals surface area contributed by atoms with Crippen molar-refractivity contribution in [2.45, 2.75) is 57.0 Å². The zero-order chi connectivity index (χ0) is 32.0. The molecule has 3 aromatic heterocycles. The number of pyridine rings is 2. The molecular weight excluding hydrogens is 596 g/mol. The SMILES string of the molecule is C=CC(=O)N1C[C@H](C)N(c2nc(=O)n3c4nc(c(F)cc24)-c2c(F)cccc2NCCCSc2ccnc(C(C)C)c2-3)C[C@H]1C. The summed E-state index contributed by atoms with van der Waals surface area (Å²) in [7, 11) is 0. The largest absolute Gasteiger partial charge is 0.384 e. The van der Waals surface area contributed by atoms with E-state index >= 15 is 8.78 Å². The third kappa shape index (κ3) is 5.45. The summed E-state index contributed by atoms with van der Waals surface area (Å²) < 4.78 is 33.2.